The van der Waals surface area contributed by atoms with Gasteiger partial charge in [0.25, 0.3) is 17.0 Å². The van der Waals surface area contributed by atoms with Crippen molar-refractivity contribution >= 4 is 28.5 Å². The highest BCUT2D eigenvalue weighted by atomic mass is 35.5. The van der Waals surface area contributed by atoms with Gasteiger partial charge in [0, 0.05) is 17.8 Å². The third kappa shape index (κ3) is 4.01. The molecule has 0 aliphatic rings. The lowest BCUT2D eigenvalue weighted by atomic mass is 10.2. The molecule has 1 amide bonds. The van der Waals surface area contributed by atoms with E-state index in [1.54, 1.807) is 22.9 Å². The van der Waals surface area contributed by atoms with Crippen LogP contribution in [0.2, 0.25) is 5.02 Å². The van der Waals surface area contributed by atoms with Crippen molar-refractivity contribution in [1.29, 1.82) is 0 Å². The summed E-state index contributed by atoms with van der Waals surface area (Å²) < 4.78 is 3.04. The van der Waals surface area contributed by atoms with Crippen molar-refractivity contribution < 1.29 is 4.79 Å². The maximum atomic E-state index is 12.8. The Hall–Kier alpha value is -3.72. The minimum absolute atomic E-state index is 0.0334. The Kier molecular flexibility index (Phi) is 5.44. The van der Waals surface area contributed by atoms with Crippen molar-refractivity contribution in [3.8, 4) is 0 Å². The smallest absolute Gasteiger partial charge is 0.264 e. The van der Waals surface area contributed by atoms with Crippen LogP contribution < -0.4 is 16.4 Å². The van der Waals surface area contributed by atoms with E-state index in [1.165, 1.54) is 29.4 Å². The summed E-state index contributed by atoms with van der Waals surface area (Å²) in [5.74, 6) is -0.480. The van der Waals surface area contributed by atoms with Gasteiger partial charge in [0.15, 0.2) is 5.65 Å². The molecule has 0 spiro atoms. The largest absolute Gasteiger partial charge is 0.350 e. The Bertz CT molecular complexity index is 1320. The number of carbonyl (C=O) groups is 1. The molecular weight excluding hydrogens is 408 g/mol. The van der Waals surface area contributed by atoms with Gasteiger partial charge in [-0.1, -0.05) is 23.7 Å². The molecule has 10 heteroatoms. The number of benzene rings is 1. The second-order valence-electron chi connectivity index (χ2n) is 6.58. The molecule has 152 valence electrons. The van der Waals surface area contributed by atoms with E-state index in [0.717, 1.165) is 5.56 Å². The average molecular weight is 425 g/mol. The number of pyridine rings is 1. The predicted octanol–water partition coefficient (Wildman–Crippen LogP) is 1.41. The van der Waals surface area contributed by atoms with Crippen molar-refractivity contribution in [2.24, 2.45) is 0 Å². The van der Waals surface area contributed by atoms with E-state index >= 15 is 0 Å². The molecule has 1 aromatic carbocycles. The SMILES string of the molecule is O=C(NCCn1ncc2c(=O)n(Cc3ccc(Cl)cc3)cnc21)c1ccc[nH]c1=O. The minimum atomic E-state index is -0.480. The molecule has 0 saturated carbocycles. The third-order valence-electron chi connectivity index (χ3n) is 4.56. The summed E-state index contributed by atoms with van der Waals surface area (Å²) in [5.41, 5.74) is 0.724. The molecular formula is C20H17ClN6O3. The predicted molar refractivity (Wildman–Crippen MR) is 112 cm³/mol. The molecule has 3 aromatic heterocycles. The number of nitrogens with one attached hydrogen (secondary N) is 2. The van der Waals surface area contributed by atoms with Gasteiger partial charge in [-0.25, -0.2) is 9.67 Å². The van der Waals surface area contributed by atoms with Gasteiger partial charge >= 0.3 is 0 Å². The molecule has 0 fully saturated rings. The minimum Gasteiger partial charge on any atom is -0.350 e. The number of rotatable bonds is 6. The zero-order valence-electron chi connectivity index (χ0n) is 15.7. The summed E-state index contributed by atoms with van der Waals surface area (Å²) in [4.78, 5) is 43.3. The van der Waals surface area contributed by atoms with Crippen LogP contribution in [0.4, 0.5) is 0 Å². The Morgan fingerprint density at radius 1 is 1.17 bits per heavy atom. The Morgan fingerprint density at radius 3 is 2.73 bits per heavy atom. The van der Waals surface area contributed by atoms with Gasteiger partial charge in [0.05, 0.1) is 19.3 Å². The lowest BCUT2D eigenvalue weighted by Gasteiger charge is -2.07. The van der Waals surface area contributed by atoms with Crippen LogP contribution in [0, 0.1) is 0 Å². The summed E-state index contributed by atoms with van der Waals surface area (Å²) in [6.07, 6.45) is 4.40. The maximum absolute atomic E-state index is 12.8. The molecule has 2 N–H and O–H groups in total. The normalized spacial score (nSPS) is 11.0. The molecule has 9 nitrogen and oxygen atoms in total. The highest BCUT2D eigenvalue weighted by Crippen LogP contribution is 2.11. The molecule has 0 saturated heterocycles. The van der Waals surface area contributed by atoms with Crippen LogP contribution in [0.25, 0.3) is 11.0 Å². The van der Waals surface area contributed by atoms with Crippen LogP contribution in [-0.4, -0.2) is 36.8 Å². The Morgan fingerprint density at radius 2 is 1.97 bits per heavy atom. The first kappa shape index (κ1) is 19.6. The van der Waals surface area contributed by atoms with E-state index in [-0.39, 0.29) is 17.7 Å². The molecule has 4 aromatic rings. The van der Waals surface area contributed by atoms with Gasteiger partial charge in [-0.05, 0) is 29.8 Å². The van der Waals surface area contributed by atoms with Crippen molar-refractivity contribution in [1.82, 2.24) is 29.6 Å². The quantitative estimate of drug-likeness (QED) is 0.485. The van der Waals surface area contributed by atoms with Gasteiger partial charge in [0.1, 0.15) is 17.3 Å². The van der Waals surface area contributed by atoms with Crippen molar-refractivity contribution in [3.05, 3.63) is 92.0 Å². The number of nitrogens with zero attached hydrogens (tertiary/aromatic N) is 4. The van der Waals surface area contributed by atoms with E-state index < -0.39 is 11.5 Å². The van der Waals surface area contributed by atoms with E-state index in [4.69, 9.17) is 11.6 Å². The number of carbonyl (C=O) groups excluding carboxylic acids is 1. The average Bonchev–Trinajstić information content (AvgIpc) is 3.15. The van der Waals surface area contributed by atoms with Crippen molar-refractivity contribution in [3.63, 3.8) is 0 Å². The molecule has 0 atom stereocenters. The second kappa shape index (κ2) is 8.34. The van der Waals surface area contributed by atoms with Crippen LogP contribution in [-0.2, 0) is 13.1 Å². The van der Waals surface area contributed by atoms with Gasteiger partial charge in [-0.3, -0.25) is 19.0 Å². The van der Waals surface area contributed by atoms with E-state index in [9.17, 15) is 14.4 Å². The lowest BCUT2D eigenvalue weighted by molar-refractivity contribution is 0.0950. The fourth-order valence-corrected chi connectivity index (χ4v) is 3.16. The Labute approximate surface area is 175 Å². The van der Waals surface area contributed by atoms with Crippen LogP contribution in [0.15, 0.2) is 64.7 Å². The number of hydrogen-bond acceptors (Lipinski definition) is 5. The van der Waals surface area contributed by atoms with Crippen LogP contribution in [0.1, 0.15) is 15.9 Å². The van der Waals surface area contributed by atoms with Gasteiger partial charge in [-0.2, -0.15) is 5.10 Å². The van der Waals surface area contributed by atoms with Crippen molar-refractivity contribution in [2.75, 3.05) is 6.54 Å². The summed E-state index contributed by atoms with van der Waals surface area (Å²) >= 11 is 5.90. The van der Waals surface area contributed by atoms with Crippen molar-refractivity contribution in [2.45, 2.75) is 13.1 Å². The molecule has 0 bridgehead atoms. The number of H-pyrrole nitrogens is 1. The highest BCUT2D eigenvalue weighted by molar-refractivity contribution is 6.30. The summed E-state index contributed by atoms with van der Waals surface area (Å²) in [5, 5.41) is 7.89. The first-order chi connectivity index (χ1) is 14.5. The molecule has 0 aliphatic carbocycles. The molecule has 30 heavy (non-hydrogen) atoms. The van der Waals surface area contributed by atoms with E-state index in [2.05, 4.69) is 20.4 Å². The van der Waals surface area contributed by atoms with Crippen LogP contribution >= 0.6 is 11.6 Å². The fraction of sp³-hybridized carbons (Fsp3) is 0.150. The summed E-state index contributed by atoms with van der Waals surface area (Å²) in [6, 6.07) is 10.3. The first-order valence-electron chi connectivity index (χ1n) is 9.14. The number of fused-ring (bicyclic) bond motifs is 1. The first-order valence-corrected chi connectivity index (χ1v) is 9.52. The monoisotopic (exact) mass is 424 g/mol. The molecule has 0 radical (unpaired) electrons. The molecule has 4 rings (SSSR count). The van der Waals surface area contributed by atoms with Crippen LogP contribution in [0.5, 0.6) is 0 Å². The van der Waals surface area contributed by atoms with Crippen LogP contribution in [0.3, 0.4) is 0 Å². The summed E-state index contributed by atoms with van der Waals surface area (Å²) in [6.45, 7) is 0.888. The third-order valence-corrected chi connectivity index (χ3v) is 4.81. The number of aromatic amines is 1. The Balaban J connectivity index is 1.47. The molecule has 3 heterocycles. The molecule has 0 unspecified atom stereocenters. The fourth-order valence-electron chi connectivity index (χ4n) is 3.03. The maximum Gasteiger partial charge on any atom is 0.264 e. The molecule has 0 aliphatic heterocycles. The zero-order chi connectivity index (χ0) is 21.1. The topological polar surface area (TPSA) is 115 Å². The van der Waals surface area contributed by atoms with Gasteiger partial charge in [-0.15, -0.1) is 0 Å². The standard InChI is InChI=1S/C20H17ClN6O3/c21-14-5-3-13(4-6-14)11-26-12-24-17-16(20(26)30)10-25-27(17)9-8-23-19(29)15-2-1-7-22-18(15)28/h1-7,10,12H,8-9,11H2,(H,22,28)(H,23,29). The second-order valence-corrected chi connectivity index (χ2v) is 7.01. The number of aromatic nitrogens is 5. The van der Waals surface area contributed by atoms with E-state index in [1.807, 2.05) is 12.1 Å². The van der Waals surface area contributed by atoms with Gasteiger partial charge in [0.2, 0.25) is 0 Å². The number of hydrogen-bond donors (Lipinski definition) is 2. The summed E-state index contributed by atoms with van der Waals surface area (Å²) in [7, 11) is 0. The number of halogens is 1. The number of amides is 1. The van der Waals surface area contributed by atoms with Gasteiger partial charge < -0.3 is 10.3 Å². The highest BCUT2D eigenvalue weighted by Gasteiger charge is 2.12. The zero-order valence-corrected chi connectivity index (χ0v) is 16.5. The lowest BCUT2D eigenvalue weighted by Crippen LogP contribution is -2.31. The van der Waals surface area contributed by atoms with E-state index in [0.29, 0.717) is 29.1 Å².